The van der Waals surface area contributed by atoms with Crippen LogP contribution in [0.1, 0.15) is 25.0 Å². The van der Waals surface area contributed by atoms with E-state index in [-0.39, 0.29) is 0 Å². The highest BCUT2D eigenvalue weighted by Gasteiger charge is 2.42. The Hall–Kier alpha value is -1.63. The summed E-state index contributed by atoms with van der Waals surface area (Å²) in [6.45, 7) is 1.73. The van der Waals surface area contributed by atoms with E-state index in [1.807, 2.05) is 0 Å². The van der Waals surface area contributed by atoms with Gasteiger partial charge in [-0.15, -0.1) is 0 Å². The molecule has 2 rings (SSSR count). The fraction of sp³-hybridized carbons (Fsp3) is 0.538. The molecule has 1 aromatic heterocycles. The van der Waals surface area contributed by atoms with Gasteiger partial charge >= 0.3 is 5.97 Å². The minimum absolute atomic E-state index is 0.447. The van der Waals surface area contributed by atoms with Gasteiger partial charge in [-0.2, -0.15) is 0 Å². The third-order valence-electron chi connectivity index (χ3n) is 3.61. The monoisotopic (exact) mass is 298 g/mol. The molecule has 0 amide bonds. The lowest BCUT2D eigenvalue weighted by Crippen LogP contribution is -2.35. The van der Waals surface area contributed by atoms with E-state index in [1.165, 1.54) is 7.11 Å². The summed E-state index contributed by atoms with van der Waals surface area (Å²) >= 11 is 0. The molecule has 1 heterocycles. The number of sulfonamides is 1. The summed E-state index contributed by atoms with van der Waals surface area (Å²) in [5, 5.41) is -0.741. The number of anilines is 1. The summed E-state index contributed by atoms with van der Waals surface area (Å²) < 4.78 is 32.1. The number of pyridine rings is 1. The van der Waals surface area contributed by atoms with Crippen molar-refractivity contribution in [3.05, 3.63) is 24.0 Å². The fourth-order valence-corrected chi connectivity index (χ4v) is 4.37. The molecule has 7 heteroatoms. The van der Waals surface area contributed by atoms with Crippen LogP contribution in [0.4, 0.5) is 5.69 Å². The predicted octanol–water partition coefficient (Wildman–Crippen LogP) is 1.47. The maximum Gasteiger partial charge on any atom is 0.310 e. The van der Waals surface area contributed by atoms with Crippen LogP contribution in [-0.4, -0.2) is 31.7 Å². The summed E-state index contributed by atoms with van der Waals surface area (Å²) in [7, 11) is -2.35. The van der Waals surface area contributed by atoms with E-state index in [4.69, 9.17) is 0 Å². The molecule has 0 radical (unpaired) electrons. The van der Waals surface area contributed by atoms with Crippen LogP contribution in [0.5, 0.6) is 0 Å². The third kappa shape index (κ3) is 2.92. The van der Waals surface area contributed by atoms with Crippen LogP contribution in [0.25, 0.3) is 0 Å². The van der Waals surface area contributed by atoms with Crippen LogP contribution >= 0.6 is 0 Å². The zero-order valence-corrected chi connectivity index (χ0v) is 12.3. The molecular formula is C13H18N2O4S. The molecule has 0 bridgehead atoms. The van der Waals surface area contributed by atoms with Crippen molar-refractivity contribution in [2.75, 3.05) is 11.8 Å². The van der Waals surface area contributed by atoms with E-state index in [9.17, 15) is 13.2 Å². The van der Waals surface area contributed by atoms with Gasteiger partial charge in [0.15, 0.2) is 0 Å². The van der Waals surface area contributed by atoms with Gasteiger partial charge in [0.05, 0.1) is 29.7 Å². The van der Waals surface area contributed by atoms with Crippen molar-refractivity contribution in [1.29, 1.82) is 0 Å². The molecule has 0 aromatic carbocycles. The molecule has 0 spiro atoms. The molecule has 6 nitrogen and oxygen atoms in total. The van der Waals surface area contributed by atoms with Crippen LogP contribution in [0, 0.1) is 12.8 Å². The normalized spacial score (nSPS) is 22.5. The highest BCUT2D eigenvalue weighted by molar-refractivity contribution is 7.93. The maximum absolute atomic E-state index is 12.4. The first-order chi connectivity index (χ1) is 9.45. The van der Waals surface area contributed by atoms with Crippen LogP contribution in [0.2, 0.25) is 0 Å². The fourth-order valence-electron chi connectivity index (χ4n) is 2.54. The quantitative estimate of drug-likeness (QED) is 0.851. The van der Waals surface area contributed by atoms with E-state index < -0.39 is 27.2 Å². The van der Waals surface area contributed by atoms with Crippen LogP contribution in [0.3, 0.4) is 0 Å². The Labute approximate surface area is 118 Å². The van der Waals surface area contributed by atoms with E-state index in [0.717, 1.165) is 0 Å². The van der Waals surface area contributed by atoms with Crippen LogP contribution in [0.15, 0.2) is 18.3 Å². The number of methoxy groups -OCH3 is 1. The molecule has 20 heavy (non-hydrogen) atoms. The van der Waals surface area contributed by atoms with Gasteiger partial charge in [0, 0.05) is 6.20 Å². The van der Waals surface area contributed by atoms with E-state index in [0.29, 0.717) is 30.6 Å². The molecule has 1 aliphatic carbocycles. The van der Waals surface area contributed by atoms with Gasteiger partial charge in [-0.05, 0) is 31.9 Å². The highest BCUT2D eigenvalue weighted by atomic mass is 32.2. The lowest BCUT2D eigenvalue weighted by molar-refractivity contribution is -0.145. The summed E-state index contributed by atoms with van der Waals surface area (Å²) in [4.78, 5) is 15.7. The standard InChI is InChI=1S/C13H18N2O4S/c1-9-11(6-4-8-14-9)15-20(17,18)12-7-3-5-10(12)13(16)19-2/h4,6,8,10,12,15H,3,5,7H2,1-2H3. The molecule has 1 aromatic rings. The number of nitrogens with one attached hydrogen (secondary N) is 1. The summed E-state index contributed by atoms with van der Waals surface area (Å²) in [5.41, 5.74) is 1.05. The minimum Gasteiger partial charge on any atom is -0.469 e. The number of carbonyl (C=O) groups excluding carboxylic acids is 1. The van der Waals surface area contributed by atoms with Crippen LogP contribution < -0.4 is 4.72 Å². The zero-order chi connectivity index (χ0) is 14.8. The Morgan fingerprint density at radius 3 is 2.85 bits per heavy atom. The van der Waals surface area contributed by atoms with Crippen molar-refractivity contribution in [2.24, 2.45) is 5.92 Å². The number of nitrogens with zero attached hydrogens (tertiary/aromatic N) is 1. The number of hydrogen-bond donors (Lipinski definition) is 1. The van der Waals surface area contributed by atoms with Gasteiger partial charge in [-0.3, -0.25) is 14.5 Å². The molecular weight excluding hydrogens is 280 g/mol. The number of aryl methyl sites for hydroxylation is 1. The van der Waals surface area contributed by atoms with E-state index >= 15 is 0 Å². The highest BCUT2D eigenvalue weighted by Crippen LogP contribution is 2.33. The molecule has 1 saturated carbocycles. The molecule has 1 fully saturated rings. The number of ether oxygens (including phenoxy) is 1. The first-order valence-corrected chi connectivity index (χ1v) is 8.01. The van der Waals surface area contributed by atoms with Crippen LogP contribution in [-0.2, 0) is 19.6 Å². The van der Waals surface area contributed by atoms with Crippen molar-refractivity contribution < 1.29 is 17.9 Å². The van der Waals surface area contributed by atoms with Gasteiger partial charge in [-0.25, -0.2) is 8.42 Å². The number of rotatable bonds is 4. The summed E-state index contributed by atoms with van der Waals surface area (Å²) in [6.07, 6.45) is 3.32. The van der Waals surface area contributed by atoms with E-state index in [2.05, 4.69) is 14.4 Å². The summed E-state index contributed by atoms with van der Waals surface area (Å²) in [5.74, 6) is -1.05. The molecule has 1 N–H and O–H groups in total. The Morgan fingerprint density at radius 2 is 2.20 bits per heavy atom. The predicted molar refractivity (Wildman–Crippen MR) is 74.7 cm³/mol. The van der Waals surface area contributed by atoms with Crippen molar-refractivity contribution in [1.82, 2.24) is 4.98 Å². The molecule has 0 aliphatic heterocycles. The number of esters is 1. The molecule has 1 aliphatic rings. The average molecular weight is 298 g/mol. The van der Waals surface area contributed by atoms with Gasteiger partial charge in [0.25, 0.3) is 0 Å². The van der Waals surface area contributed by atoms with Crippen molar-refractivity contribution in [3.63, 3.8) is 0 Å². The largest absolute Gasteiger partial charge is 0.469 e. The lowest BCUT2D eigenvalue weighted by Gasteiger charge is -2.19. The Kier molecular flexibility index (Phi) is 4.27. The smallest absolute Gasteiger partial charge is 0.310 e. The van der Waals surface area contributed by atoms with Crippen molar-refractivity contribution in [2.45, 2.75) is 31.4 Å². The first-order valence-electron chi connectivity index (χ1n) is 6.47. The second kappa shape index (κ2) is 5.78. The molecule has 2 unspecified atom stereocenters. The first kappa shape index (κ1) is 14.8. The minimum atomic E-state index is -3.63. The van der Waals surface area contributed by atoms with E-state index in [1.54, 1.807) is 25.3 Å². The van der Waals surface area contributed by atoms with Crippen molar-refractivity contribution in [3.8, 4) is 0 Å². The lowest BCUT2D eigenvalue weighted by atomic mass is 10.1. The number of hydrogen-bond acceptors (Lipinski definition) is 5. The third-order valence-corrected chi connectivity index (χ3v) is 5.48. The Morgan fingerprint density at radius 1 is 1.45 bits per heavy atom. The Balaban J connectivity index is 2.22. The van der Waals surface area contributed by atoms with Crippen molar-refractivity contribution >= 4 is 21.7 Å². The number of aromatic nitrogens is 1. The van der Waals surface area contributed by atoms with Gasteiger partial charge in [-0.1, -0.05) is 6.42 Å². The average Bonchev–Trinajstić information content (AvgIpc) is 2.90. The maximum atomic E-state index is 12.4. The molecule has 2 atom stereocenters. The van der Waals surface area contributed by atoms with Gasteiger partial charge in [0.2, 0.25) is 10.0 Å². The second-order valence-electron chi connectivity index (χ2n) is 4.88. The summed E-state index contributed by atoms with van der Waals surface area (Å²) in [6, 6.07) is 3.32. The number of carbonyl (C=O) groups is 1. The SMILES string of the molecule is COC(=O)C1CCCC1S(=O)(=O)Nc1cccnc1C. The zero-order valence-electron chi connectivity index (χ0n) is 11.5. The van der Waals surface area contributed by atoms with Gasteiger partial charge in [0.1, 0.15) is 0 Å². The Bertz CT molecular complexity index is 600. The molecule has 110 valence electrons. The second-order valence-corrected chi connectivity index (χ2v) is 6.78. The molecule has 0 saturated heterocycles. The topological polar surface area (TPSA) is 85.4 Å². The van der Waals surface area contributed by atoms with Gasteiger partial charge < -0.3 is 4.74 Å².